The molecule has 0 bridgehead atoms. The van der Waals surface area contributed by atoms with Crippen LogP contribution in [0.3, 0.4) is 0 Å². The van der Waals surface area contributed by atoms with Gasteiger partial charge in [-0.25, -0.2) is 4.98 Å². The maximum Gasteiger partial charge on any atom is 0.0897 e. The second-order valence-electron chi connectivity index (χ2n) is 6.58. The third kappa shape index (κ3) is 3.45. The summed E-state index contributed by atoms with van der Waals surface area (Å²) >= 11 is 1.74. The Hall–Kier alpha value is -1.50. The minimum absolute atomic E-state index is 0.333. The fourth-order valence-corrected chi connectivity index (χ4v) is 4.45. The maximum atomic E-state index is 6.12. The number of nitrogens with zero attached hydrogens (tertiary/aromatic N) is 4. The van der Waals surface area contributed by atoms with Crippen molar-refractivity contribution in [2.45, 2.75) is 38.5 Å². The van der Waals surface area contributed by atoms with E-state index in [2.05, 4.69) is 38.1 Å². The smallest absolute Gasteiger partial charge is 0.0897 e. The fourth-order valence-electron chi connectivity index (χ4n) is 3.84. The van der Waals surface area contributed by atoms with Gasteiger partial charge >= 0.3 is 0 Å². The molecule has 0 radical (unpaired) electrons. The van der Waals surface area contributed by atoms with Crippen LogP contribution in [0.2, 0.25) is 0 Å². The number of ether oxygens (including phenoxy) is 1. The van der Waals surface area contributed by atoms with Gasteiger partial charge < -0.3 is 9.64 Å². The Morgan fingerprint density at radius 2 is 2.21 bits per heavy atom. The molecule has 2 aliphatic rings. The van der Waals surface area contributed by atoms with Gasteiger partial charge in [-0.15, -0.1) is 11.3 Å². The van der Waals surface area contributed by atoms with Crippen LogP contribution in [0.15, 0.2) is 29.9 Å². The zero-order valence-electron chi connectivity index (χ0n) is 14.1. The first-order chi connectivity index (χ1) is 11.8. The summed E-state index contributed by atoms with van der Waals surface area (Å²) in [4.78, 5) is 13.9. The topological polar surface area (TPSA) is 41.5 Å². The molecule has 2 aliphatic heterocycles. The number of hydrogen-bond donors (Lipinski definition) is 0. The normalized spacial score (nSPS) is 25.3. The van der Waals surface area contributed by atoms with Crippen molar-refractivity contribution in [1.29, 1.82) is 0 Å². The molecule has 5 nitrogen and oxygen atoms in total. The Labute approximate surface area is 147 Å². The molecule has 0 aliphatic carbocycles. The first kappa shape index (κ1) is 16.0. The summed E-state index contributed by atoms with van der Waals surface area (Å²) in [5.41, 5.74) is 2.42. The Bertz CT molecular complexity index is 662. The van der Waals surface area contributed by atoms with Crippen LogP contribution in [0.4, 0.5) is 5.69 Å². The highest BCUT2D eigenvalue weighted by molar-refractivity contribution is 7.09. The van der Waals surface area contributed by atoms with Crippen molar-refractivity contribution in [2.24, 2.45) is 0 Å². The van der Waals surface area contributed by atoms with Crippen LogP contribution in [0.5, 0.6) is 0 Å². The lowest BCUT2D eigenvalue weighted by molar-refractivity contribution is -0.0749. The van der Waals surface area contributed by atoms with E-state index in [9.17, 15) is 0 Å². The molecular formula is C18H24N4OS. The molecule has 2 saturated heterocycles. The lowest BCUT2D eigenvalue weighted by Gasteiger charge is -2.40. The van der Waals surface area contributed by atoms with Crippen molar-refractivity contribution in [1.82, 2.24) is 14.9 Å². The van der Waals surface area contributed by atoms with Gasteiger partial charge in [-0.1, -0.05) is 0 Å². The second-order valence-corrected chi connectivity index (χ2v) is 7.64. The van der Waals surface area contributed by atoms with E-state index < -0.39 is 0 Å². The highest BCUT2D eigenvalue weighted by Gasteiger charge is 2.35. The highest BCUT2D eigenvalue weighted by Crippen LogP contribution is 2.27. The Morgan fingerprint density at radius 1 is 1.29 bits per heavy atom. The number of rotatable bonds is 3. The minimum atomic E-state index is 0.333. The molecule has 2 aromatic heterocycles. The van der Waals surface area contributed by atoms with E-state index in [-0.39, 0.29) is 0 Å². The fraction of sp³-hybridized carbons (Fsp3) is 0.556. The molecule has 24 heavy (non-hydrogen) atoms. The van der Waals surface area contributed by atoms with E-state index in [1.807, 2.05) is 18.5 Å². The number of anilines is 1. The van der Waals surface area contributed by atoms with E-state index in [1.54, 1.807) is 11.3 Å². The lowest BCUT2D eigenvalue weighted by Crippen LogP contribution is -2.50. The van der Waals surface area contributed by atoms with Gasteiger partial charge in [0.1, 0.15) is 0 Å². The number of pyridine rings is 1. The summed E-state index contributed by atoms with van der Waals surface area (Å²) in [5.74, 6) is 0. The molecule has 0 amide bonds. The molecule has 4 rings (SSSR count). The second kappa shape index (κ2) is 7.17. The third-order valence-electron chi connectivity index (χ3n) is 5.03. The van der Waals surface area contributed by atoms with Crippen LogP contribution >= 0.6 is 11.3 Å². The van der Waals surface area contributed by atoms with Gasteiger partial charge in [0.05, 0.1) is 35.3 Å². The van der Waals surface area contributed by atoms with Crippen molar-refractivity contribution >= 4 is 17.0 Å². The van der Waals surface area contributed by atoms with Crippen molar-refractivity contribution in [3.05, 3.63) is 40.6 Å². The molecule has 2 fully saturated rings. The molecule has 0 saturated carbocycles. The predicted octanol–water partition coefficient (Wildman–Crippen LogP) is 2.72. The molecule has 0 aromatic carbocycles. The third-order valence-corrected chi connectivity index (χ3v) is 5.85. The van der Waals surface area contributed by atoms with Crippen LogP contribution in [0.25, 0.3) is 0 Å². The first-order valence-corrected chi connectivity index (χ1v) is 9.59. The van der Waals surface area contributed by atoms with Crippen LogP contribution in [0.1, 0.15) is 23.5 Å². The number of aromatic nitrogens is 2. The standard InChI is InChI=1S/C18H24N4OS/c1-14-20-15(13-24-14)12-22-9-10-23-18-5-8-21(7-4-17(18)22)16-3-2-6-19-11-16/h2-3,6,11,13,17-18H,4-5,7-10,12H2,1H3/t17-,18-/m1/s1. The van der Waals surface area contributed by atoms with Gasteiger partial charge in [0, 0.05) is 43.8 Å². The van der Waals surface area contributed by atoms with Gasteiger partial charge in [0.2, 0.25) is 0 Å². The van der Waals surface area contributed by atoms with E-state index >= 15 is 0 Å². The van der Waals surface area contributed by atoms with Gasteiger partial charge in [-0.3, -0.25) is 9.88 Å². The number of morpholine rings is 1. The molecule has 0 unspecified atom stereocenters. The van der Waals surface area contributed by atoms with Crippen LogP contribution < -0.4 is 4.90 Å². The van der Waals surface area contributed by atoms with Crippen molar-refractivity contribution in [2.75, 3.05) is 31.1 Å². The average molecular weight is 344 g/mol. The van der Waals surface area contributed by atoms with E-state index in [1.165, 1.54) is 11.4 Å². The summed E-state index contributed by atoms with van der Waals surface area (Å²) in [7, 11) is 0. The van der Waals surface area contributed by atoms with Crippen molar-refractivity contribution in [3.8, 4) is 0 Å². The molecule has 6 heteroatoms. The Balaban J connectivity index is 1.46. The lowest BCUT2D eigenvalue weighted by atomic mass is 10.0. The van der Waals surface area contributed by atoms with Gasteiger partial charge in [0.15, 0.2) is 0 Å². The van der Waals surface area contributed by atoms with E-state index in [4.69, 9.17) is 4.74 Å². The molecule has 0 N–H and O–H groups in total. The van der Waals surface area contributed by atoms with Crippen LogP contribution in [0, 0.1) is 6.92 Å². The first-order valence-electron chi connectivity index (χ1n) is 8.71. The SMILES string of the molecule is Cc1nc(CN2CCO[C@@H]3CCN(c4cccnc4)CC[C@H]32)cs1. The van der Waals surface area contributed by atoms with Gasteiger partial charge in [0.25, 0.3) is 0 Å². The van der Waals surface area contributed by atoms with Crippen LogP contribution in [-0.4, -0.2) is 53.3 Å². The molecular weight excluding hydrogens is 320 g/mol. The summed E-state index contributed by atoms with van der Waals surface area (Å²) in [6.07, 6.45) is 6.34. The molecule has 0 spiro atoms. The zero-order valence-corrected chi connectivity index (χ0v) is 14.9. The largest absolute Gasteiger partial charge is 0.375 e. The summed E-state index contributed by atoms with van der Waals surface area (Å²) in [5, 5.41) is 3.34. The summed E-state index contributed by atoms with van der Waals surface area (Å²) in [6.45, 7) is 6.95. The van der Waals surface area contributed by atoms with Gasteiger partial charge in [-0.05, 0) is 31.9 Å². The zero-order chi connectivity index (χ0) is 16.4. The van der Waals surface area contributed by atoms with Crippen molar-refractivity contribution < 1.29 is 4.74 Å². The highest BCUT2D eigenvalue weighted by atomic mass is 32.1. The maximum absolute atomic E-state index is 6.12. The minimum Gasteiger partial charge on any atom is -0.375 e. The quantitative estimate of drug-likeness (QED) is 0.856. The summed E-state index contributed by atoms with van der Waals surface area (Å²) in [6, 6.07) is 4.65. The Morgan fingerprint density at radius 3 is 3.00 bits per heavy atom. The predicted molar refractivity (Wildman–Crippen MR) is 96.5 cm³/mol. The van der Waals surface area contributed by atoms with E-state index in [0.717, 1.165) is 50.6 Å². The summed E-state index contributed by atoms with van der Waals surface area (Å²) < 4.78 is 6.12. The molecule has 2 aromatic rings. The molecule has 2 atom stereocenters. The van der Waals surface area contributed by atoms with Gasteiger partial charge in [-0.2, -0.15) is 0 Å². The average Bonchev–Trinajstić information content (AvgIpc) is 2.89. The van der Waals surface area contributed by atoms with E-state index in [0.29, 0.717) is 12.1 Å². The number of fused-ring (bicyclic) bond motifs is 1. The number of aryl methyl sites for hydroxylation is 1. The molecule has 4 heterocycles. The Kier molecular flexibility index (Phi) is 4.78. The molecule has 128 valence electrons. The number of hydrogen-bond acceptors (Lipinski definition) is 6. The monoisotopic (exact) mass is 344 g/mol. The van der Waals surface area contributed by atoms with Crippen molar-refractivity contribution in [3.63, 3.8) is 0 Å². The number of thiazole rings is 1. The van der Waals surface area contributed by atoms with Crippen LogP contribution in [-0.2, 0) is 11.3 Å².